The van der Waals surface area contributed by atoms with Crippen LogP contribution in [0.4, 0.5) is 0 Å². The van der Waals surface area contributed by atoms with E-state index in [0.29, 0.717) is 0 Å². The van der Waals surface area contributed by atoms with Crippen LogP contribution in [0.2, 0.25) is 0 Å². The summed E-state index contributed by atoms with van der Waals surface area (Å²) >= 11 is 0. The highest BCUT2D eigenvalue weighted by Gasteiger charge is 2.01. The van der Waals surface area contributed by atoms with Crippen molar-refractivity contribution < 1.29 is 9.63 Å². The van der Waals surface area contributed by atoms with Gasteiger partial charge in [-0.3, -0.25) is 14.6 Å². The summed E-state index contributed by atoms with van der Waals surface area (Å²) in [4.78, 5) is 20.1. The molecule has 0 spiro atoms. The van der Waals surface area contributed by atoms with Crippen LogP contribution in [0.25, 0.3) is 6.08 Å². The first-order chi connectivity index (χ1) is 7.13. The van der Waals surface area contributed by atoms with Gasteiger partial charge in [0.25, 0.3) is 5.91 Å². The summed E-state index contributed by atoms with van der Waals surface area (Å²) in [5.74, 6) is -0.209. The lowest BCUT2D eigenvalue weighted by Crippen LogP contribution is -2.22. The number of carbonyl (C=O) groups excluding carboxylic acids is 1. The summed E-state index contributed by atoms with van der Waals surface area (Å²) < 4.78 is 0. The predicted molar refractivity (Wildman–Crippen MR) is 57.8 cm³/mol. The molecule has 0 saturated heterocycles. The smallest absolute Gasteiger partial charge is 0.269 e. The normalized spacial score (nSPS) is 10.6. The minimum absolute atomic E-state index is 0.209. The van der Waals surface area contributed by atoms with E-state index in [1.165, 1.54) is 13.2 Å². The third-order valence-corrected chi connectivity index (χ3v) is 1.90. The molecule has 1 amide bonds. The lowest BCUT2D eigenvalue weighted by Gasteiger charge is -2.09. The Morgan fingerprint density at radius 2 is 2.27 bits per heavy atom. The molecule has 0 unspecified atom stereocenters. The molecule has 80 valence electrons. The number of rotatable bonds is 3. The Morgan fingerprint density at radius 1 is 1.53 bits per heavy atom. The number of aromatic nitrogens is 1. The molecule has 1 heterocycles. The summed E-state index contributed by atoms with van der Waals surface area (Å²) in [6.07, 6.45) is 6.61. The molecule has 1 aromatic rings. The molecule has 0 fully saturated rings. The number of pyridine rings is 1. The number of aryl methyl sites for hydroxylation is 1. The first-order valence-corrected chi connectivity index (χ1v) is 4.55. The Balaban J connectivity index is 2.69. The second-order valence-corrected chi connectivity index (χ2v) is 3.15. The molecule has 0 aliphatic carbocycles. The van der Waals surface area contributed by atoms with Gasteiger partial charge in [0.15, 0.2) is 0 Å². The van der Waals surface area contributed by atoms with Crippen molar-refractivity contribution in [1.29, 1.82) is 0 Å². The van der Waals surface area contributed by atoms with Gasteiger partial charge in [-0.15, -0.1) is 0 Å². The maximum absolute atomic E-state index is 11.3. The van der Waals surface area contributed by atoms with E-state index in [1.54, 1.807) is 25.5 Å². The molecule has 15 heavy (non-hydrogen) atoms. The summed E-state index contributed by atoms with van der Waals surface area (Å²) in [6, 6.07) is 1.95. The highest BCUT2D eigenvalue weighted by Crippen LogP contribution is 2.03. The number of nitrogens with zero attached hydrogens (tertiary/aromatic N) is 2. The zero-order valence-corrected chi connectivity index (χ0v) is 9.10. The van der Waals surface area contributed by atoms with Gasteiger partial charge in [-0.25, -0.2) is 5.06 Å². The van der Waals surface area contributed by atoms with E-state index in [0.717, 1.165) is 16.2 Å². The van der Waals surface area contributed by atoms with Crippen molar-refractivity contribution in [2.24, 2.45) is 0 Å². The molecule has 0 aliphatic rings. The fraction of sp³-hybridized carbons (Fsp3) is 0.273. The fourth-order valence-corrected chi connectivity index (χ4v) is 1.03. The van der Waals surface area contributed by atoms with Crippen LogP contribution in [-0.2, 0) is 9.63 Å². The van der Waals surface area contributed by atoms with Crippen LogP contribution >= 0.6 is 0 Å². The van der Waals surface area contributed by atoms with Gasteiger partial charge >= 0.3 is 0 Å². The predicted octanol–water partition coefficient (Wildman–Crippen LogP) is 1.42. The molecular formula is C11H14N2O2. The quantitative estimate of drug-likeness (QED) is 0.555. The van der Waals surface area contributed by atoms with Crippen molar-refractivity contribution in [3.63, 3.8) is 0 Å². The summed E-state index contributed by atoms with van der Waals surface area (Å²) in [7, 11) is 3.00. The number of hydrogen-bond acceptors (Lipinski definition) is 3. The van der Waals surface area contributed by atoms with Crippen LogP contribution in [0.3, 0.4) is 0 Å². The maximum atomic E-state index is 11.3. The fourth-order valence-electron chi connectivity index (χ4n) is 1.03. The van der Waals surface area contributed by atoms with Crippen LogP contribution in [0, 0.1) is 6.92 Å². The van der Waals surface area contributed by atoms with E-state index >= 15 is 0 Å². The molecule has 0 N–H and O–H groups in total. The maximum Gasteiger partial charge on any atom is 0.269 e. The largest absolute Gasteiger partial charge is 0.274 e. The minimum Gasteiger partial charge on any atom is -0.274 e. The zero-order valence-electron chi connectivity index (χ0n) is 9.10. The van der Waals surface area contributed by atoms with Gasteiger partial charge in [0.1, 0.15) is 0 Å². The van der Waals surface area contributed by atoms with Crippen molar-refractivity contribution in [3.8, 4) is 0 Å². The van der Waals surface area contributed by atoms with Gasteiger partial charge < -0.3 is 0 Å². The zero-order chi connectivity index (χ0) is 11.3. The van der Waals surface area contributed by atoms with Gasteiger partial charge in [0.05, 0.1) is 7.11 Å². The Hall–Kier alpha value is -1.68. The lowest BCUT2D eigenvalue weighted by atomic mass is 10.2. The van der Waals surface area contributed by atoms with Gasteiger partial charge in [-0.2, -0.15) is 0 Å². The molecule has 0 atom stereocenters. The van der Waals surface area contributed by atoms with Crippen LogP contribution in [0.5, 0.6) is 0 Å². The van der Waals surface area contributed by atoms with Crippen LogP contribution in [-0.4, -0.2) is 30.1 Å². The number of amides is 1. The van der Waals surface area contributed by atoms with E-state index in [2.05, 4.69) is 4.98 Å². The first kappa shape index (κ1) is 11.4. The third-order valence-electron chi connectivity index (χ3n) is 1.90. The number of hydrogen-bond donors (Lipinski definition) is 0. The Labute approximate surface area is 89.1 Å². The summed E-state index contributed by atoms with van der Waals surface area (Å²) in [6.45, 7) is 1.95. The van der Waals surface area contributed by atoms with Crippen molar-refractivity contribution in [2.75, 3.05) is 14.2 Å². The van der Waals surface area contributed by atoms with E-state index in [-0.39, 0.29) is 5.91 Å². The van der Waals surface area contributed by atoms with Gasteiger partial charge in [0.2, 0.25) is 0 Å². The minimum atomic E-state index is -0.209. The molecule has 0 aliphatic heterocycles. The average molecular weight is 206 g/mol. The van der Waals surface area contributed by atoms with Crippen LogP contribution in [0.15, 0.2) is 24.5 Å². The molecule has 4 nitrogen and oxygen atoms in total. The van der Waals surface area contributed by atoms with Crippen LogP contribution < -0.4 is 0 Å². The van der Waals surface area contributed by atoms with E-state index < -0.39 is 0 Å². The molecule has 0 saturated carbocycles. The van der Waals surface area contributed by atoms with Crippen molar-refractivity contribution in [1.82, 2.24) is 10.0 Å². The molecule has 0 aromatic carbocycles. The Morgan fingerprint density at radius 3 is 2.87 bits per heavy atom. The SMILES string of the molecule is CON(C)C(=O)/C=C/c1cncc(C)c1. The standard InChI is InChI=1S/C11H14N2O2/c1-9-6-10(8-12-7-9)4-5-11(14)13(2)15-3/h4-8H,1-3H3/b5-4+. The monoisotopic (exact) mass is 206 g/mol. The molecule has 1 aromatic heterocycles. The summed E-state index contributed by atoms with van der Waals surface area (Å²) in [5.41, 5.74) is 1.96. The Bertz CT molecular complexity index is 375. The van der Waals surface area contributed by atoms with Crippen molar-refractivity contribution >= 4 is 12.0 Å². The topological polar surface area (TPSA) is 42.4 Å². The highest BCUT2D eigenvalue weighted by molar-refractivity contribution is 5.90. The Kier molecular flexibility index (Phi) is 4.00. The van der Waals surface area contributed by atoms with Crippen LogP contribution in [0.1, 0.15) is 11.1 Å². The second-order valence-electron chi connectivity index (χ2n) is 3.15. The molecular weight excluding hydrogens is 192 g/mol. The molecule has 1 rings (SSSR count). The van der Waals surface area contributed by atoms with Crippen molar-refractivity contribution in [2.45, 2.75) is 6.92 Å². The van der Waals surface area contributed by atoms with Gasteiger partial charge in [-0.1, -0.05) is 0 Å². The van der Waals surface area contributed by atoms with E-state index in [4.69, 9.17) is 4.84 Å². The number of hydroxylamine groups is 2. The van der Waals surface area contributed by atoms with E-state index in [1.807, 2.05) is 13.0 Å². The highest BCUT2D eigenvalue weighted by atomic mass is 16.7. The van der Waals surface area contributed by atoms with Gasteiger partial charge in [0, 0.05) is 25.5 Å². The van der Waals surface area contributed by atoms with Crippen molar-refractivity contribution in [3.05, 3.63) is 35.7 Å². The van der Waals surface area contributed by atoms with E-state index in [9.17, 15) is 4.79 Å². The molecule has 4 heteroatoms. The summed E-state index contributed by atoms with van der Waals surface area (Å²) in [5, 5.41) is 1.15. The first-order valence-electron chi connectivity index (χ1n) is 4.55. The number of carbonyl (C=O) groups is 1. The number of likely N-dealkylation sites (N-methyl/N-ethyl adjacent to an activating group) is 1. The van der Waals surface area contributed by atoms with Gasteiger partial charge in [-0.05, 0) is 30.2 Å². The lowest BCUT2D eigenvalue weighted by molar-refractivity contribution is -0.162. The second kappa shape index (κ2) is 5.26. The molecule has 0 radical (unpaired) electrons. The average Bonchev–Trinajstić information content (AvgIpc) is 2.25. The third kappa shape index (κ3) is 3.52. The molecule has 0 bridgehead atoms.